The van der Waals surface area contributed by atoms with Crippen molar-refractivity contribution in [2.45, 2.75) is 25.4 Å². The number of benzene rings is 1. The number of carboxylic acid groups (broad SMARTS) is 1. The lowest BCUT2D eigenvalue weighted by atomic mass is 9.84. The third-order valence-electron chi connectivity index (χ3n) is 3.52. The zero-order chi connectivity index (χ0) is 15.3. The molecule has 0 unspecified atom stereocenters. The number of hydrogen-bond acceptors (Lipinski definition) is 1. The quantitative estimate of drug-likeness (QED) is 0.916. The van der Waals surface area contributed by atoms with Gasteiger partial charge in [0.25, 0.3) is 0 Å². The molecule has 0 aliphatic heterocycles. The molecule has 6 heteroatoms. The van der Waals surface area contributed by atoms with Gasteiger partial charge in [-0.3, -0.25) is 4.79 Å². The normalized spacial score (nSPS) is 12.9. The van der Waals surface area contributed by atoms with E-state index in [9.17, 15) is 23.1 Å². The molecule has 2 rings (SSSR count). The number of para-hydroxylation sites is 1. The molecule has 0 amide bonds. The summed E-state index contributed by atoms with van der Waals surface area (Å²) in [7, 11) is 1.49. The minimum absolute atomic E-state index is 0.00400. The fourth-order valence-electron chi connectivity index (χ4n) is 2.31. The number of aliphatic carboxylic acids is 1. The van der Waals surface area contributed by atoms with Crippen LogP contribution in [0.25, 0.3) is 10.9 Å². The van der Waals surface area contributed by atoms with Crippen LogP contribution in [0.15, 0.2) is 24.4 Å². The van der Waals surface area contributed by atoms with Crippen LogP contribution < -0.4 is 0 Å². The lowest BCUT2D eigenvalue weighted by Crippen LogP contribution is -2.28. The van der Waals surface area contributed by atoms with Crippen LogP contribution in [0.3, 0.4) is 0 Å². The largest absolute Gasteiger partial charge is 0.481 e. The van der Waals surface area contributed by atoms with E-state index in [2.05, 4.69) is 0 Å². The van der Waals surface area contributed by atoms with Gasteiger partial charge in [0.2, 0.25) is 0 Å². The van der Waals surface area contributed by atoms with Crippen LogP contribution in [-0.2, 0) is 23.4 Å². The number of alkyl halides is 3. The fraction of sp³-hybridized carbons (Fsp3) is 0.357. The maximum atomic E-state index is 13.0. The van der Waals surface area contributed by atoms with Gasteiger partial charge in [-0.25, -0.2) is 0 Å². The fourth-order valence-corrected chi connectivity index (χ4v) is 2.31. The Kier molecular flexibility index (Phi) is 3.07. The summed E-state index contributed by atoms with van der Waals surface area (Å²) in [5, 5.41) is 9.58. The van der Waals surface area contributed by atoms with Crippen molar-refractivity contribution >= 4 is 16.9 Å². The molecule has 0 fully saturated rings. The van der Waals surface area contributed by atoms with Crippen molar-refractivity contribution in [3.05, 3.63) is 35.5 Å². The van der Waals surface area contributed by atoms with Gasteiger partial charge in [-0.05, 0) is 25.5 Å². The summed E-state index contributed by atoms with van der Waals surface area (Å²) >= 11 is 0. The van der Waals surface area contributed by atoms with E-state index in [4.69, 9.17) is 0 Å². The first-order valence-electron chi connectivity index (χ1n) is 5.96. The van der Waals surface area contributed by atoms with E-state index >= 15 is 0 Å². The van der Waals surface area contributed by atoms with E-state index in [0.717, 1.165) is 6.07 Å². The average molecular weight is 285 g/mol. The number of nitrogens with zero attached hydrogens (tertiary/aromatic N) is 1. The van der Waals surface area contributed by atoms with Crippen LogP contribution in [0.1, 0.15) is 25.0 Å². The second kappa shape index (κ2) is 4.26. The zero-order valence-corrected chi connectivity index (χ0v) is 11.2. The third-order valence-corrected chi connectivity index (χ3v) is 3.52. The molecule has 0 spiro atoms. The highest BCUT2D eigenvalue weighted by molar-refractivity contribution is 5.93. The van der Waals surface area contributed by atoms with Crippen LogP contribution in [-0.4, -0.2) is 15.6 Å². The molecule has 20 heavy (non-hydrogen) atoms. The molecule has 0 bridgehead atoms. The van der Waals surface area contributed by atoms with Crippen molar-refractivity contribution in [2.75, 3.05) is 0 Å². The Morgan fingerprint density at radius 2 is 1.80 bits per heavy atom. The number of carboxylic acids is 1. The van der Waals surface area contributed by atoms with Crippen LogP contribution >= 0.6 is 0 Å². The summed E-state index contributed by atoms with van der Waals surface area (Å²) in [4.78, 5) is 11.3. The van der Waals surface area contributed by atoms with Gasteiger partial charge in [-0.1, -0.05) is 12.1 Å². The first-order valence-corrected chi connectivity index (χ1v) is 5.96. The van der Waals surface area contributed by atoms with E-state index in [1.165, 1.54) is 43.8 Å². The minimum atomic E-state index is -4.48. The van der Waals surface area contributed by atoms with Gasteiger partial charge in [0.15, 0.2) is 0 Å². The molecule has 2 aromatic rings. The maximum absolute atomic E-state index is 13.0. The Bertz CT molecular complexity index is 684. The Morgan fingerprint density at radius 1 is 1.20 bits per heavy atom. The van der Waals surface area contributed by atoms with Gasteiger partial charge in [-0.2, -0.15) is 13.2 Å². The molecular formula is C14H14F3NO2. The molecule has 0 aliphatic carbocycles. The zero-order valence-electron chi connectivity index (χ0n) is 11.2. The summed E-state index contributed by atoms with van der Waals surface area (Å²) in [6, 6.07) is 3.82. The number of aryl methyl sites for hydroxylation is 1. The summed E-state index contributed by atoms with van der Waals surface area (Å²) < 4.78 is 40.4. The molecule has 0 atom stereocenters. The second-order valence-corrected chi connectivity index (χ2v) is 5.28. The molecule has 0 radical (unpaired) electrons. The summed E-state index contributed by atoms with van der Waals surface area (Å²) in [6.45, 7) is 2.95. The molecule has 1 N–H and O–H groups in total. The van der Waals surface area contributed by atoms with Gasteiger partial charge >= 0.3 is 12.1 Å². The van der Waals surface area contributed by atoms with Crippen LogP contribution in [0.5, 0.6) is 0 Å². The number of fused-ring (bicyclic) bond motifs is 1. The van der Waals surface area contributed by atoms with E-state index in [1.807, 2.05) is 0 Å². The first-order chi connectivity index (χ1) is 9.06. The highest BCUT2D eigenvalue weighted by Gasteiger charge is 2.37. The van der Waals surface area contributed by atoms with Gasteiger partial charge in [0.1, 0.15) is 0 Å². The van der Waals surface area contributed by atoms with E-state index in [0.29, 0.717) is 10.9 Å². The van der Waals surface area contributed by atoms with Gasteiger partial charge in [0.05, 0.1) is 16.5 Å². The van der Waals surface area contributed by atoms with Crippen molar-refractivity contribution in [3.8, 4) is 0 Å². The summed E-state index contributed by atoms with van der Waals surface area (Å²) in [5.74, 6) is -1.08. The van der Waals surface area contributed by atoms with Crippen molar-refractivity contribution in [2.24, 2.45) is 7.05 Å². The van der Waals surface area contributed by atoms with Crippen molar-refractivity contribution in [3.63, 3.8) is 0 Å². The highest BCUT2D eigenvalue weighted by atomic mass is 19.4. The summed E-state index contributed by atoms with van der Waals surface area (Å²) in [6.07, 6.45) is -3.02. The second-order valence-electron chi connectivity index (χ2n) is 5.28. The SMILES string of the molecule is Cn1cc(C(C)(C)C(=O)O)c2cccc(C(F)(F)F)c21. The number of carbonyl (C=O) groups is 1. The van der Waals surface area contributed by atoms with Gasteiger partial charge < -0.3 is 9.67 Å². The molecule has 0 aliphatic rings. The molecular weight excluding hydrogens is 271 g/mol. The van der Waals surface area contributed by atoms with E-state index in [1.54, 1.807) is 0 Å². The van der Waals surface area contributed by atoms with Gasteiger partial charge in [0, 0.05) is 18.6 Å². The molecule has 1 heterocycles. The monoisotopic (exact) mass is 285 g/mol. The number of halogens is 3. The molecule has 0 saturated carbocycles. The topological polar surface area (TPSA) is 42.2 Å². The maximum Gasteiger partial charge on any atom is 0.418 e. The Morgan fingerprint density at radius 3 is 2.30 bits per heavy atom. The molecule has 108 valence electrons. The van der Waals surface area contributed by atoms with Crippen molar-refractivity contribution in [1.82, 2.24) is 4.57 Å². The van der Waals surface area contributed by atoms with Crippen LogP contribution in [0.2, 0.25) is 0 Å². The average Bonchev–Trinajstić information content (AvgIpc) is 2.66. The number of aromatic nitrogens is 1. The highest BCUT2D eigenvalue weighted by Crippen LogP contribution is 2.39. The predicted molar refractivity (Wildman–Crippen MR) is 68.6 cm³/mol. The Hall–Kier alpha value is -1.98. The molecule has 1 aromatic heterocycles. The summed E-state index contributed by atoms with van der Waals surface area (Å²) in [5.41, 5.74) is -1.65. The molecule has 0 saturated heterocycles. The van der Waals surface area contributed by atoms with E-state index < -0.39 is 23.1 Å². The smallest absolute Gasteiger partial charge is 0.418 e. The standard InChI is InChI=1S/C14H14F3NO2/c1-13(2,12(19)20)10-7-18(3)11-8(10)5-4-6-9(11)14(15,16)17/h4-7H,1-3H3,(H,19,20). The Labute approximate surface area is 113 Å². The van der Waals surface area contributed by atoms with Crippen molar-refractivity contribution in [1.29, 1.82) is 0 Å². The van der Waals surface area contributed by atoms with Crippen LogP contribution in [0, 0.1) is 0 Å². The number of hydrogen-bond donors (Lipinski definition) is 1. The molecule has 3 nitrogen and oxygen atoms in total. The lowest BCUT2D eigenvalue weighted by Gasteiger charge is -2.18. The minimum Gasteiger partial charge on any atom is -0.481 e. The predicted octanol–water partition coefficient (Wildman–Crippen LogP) is 3.56. The number of rotatable bonds is 2. The van der Waals surface area contributed by atoms with E-state index in [-0.39, 0.29) is 5.52 Å². The third kappa shape index (κ3) is 2.05. The van der Waals surface area contributed by atoms with Crippen LogP contribution in [0.4, 0.5) is 13.2 Å². The molecule has 1 aromatic carbocycles. The lowest BCUT2D eigenvalue weighted by molar-refractivity contribution is -0.142. The first kappa shape index (κ1) is 14.4. The van der Waals surface area contributed by atoms with Crippen molar-refractivity contribution < 1.29 is 23.1 Å². The Balaban J connectivity index is 2.84. The van der Waals surface area contributed by atoms with Gasteiger partial charge in [-0.15, -0.1) is 0 Å².